The molecule has 2 aromatic heterocycles. The molecule has 2 aliphatic rings. The predicted octanol–water partition coefficient (Wildman–Crippen LogP) is 1.27. The summed E-state index contributed by atoms with van der Waals surface area (Å²) >= 11 is 0. The Bertz CT molecular complexity index is 808. The molecular weight excluding hydrogens is 320 g/mol. The highest BCUT2D eigenvalue weighted by molar-refractivity contribution is 5.80. The van der Waals surface area contributed by atoms with Gasteiger partial charge in [0, 0.05) is 37.2 Å². The molecule has 4 rings (SSSR count). The quantitative estimate of drug-likeness (QED) is 0.885. The average Bonchev–Trinajstić information content (AvgIpc) is 3.35. The number of aromatic nitrogens is 2. The van der Waals surface area contributed by atoms with E-state index in [1.165, 1.54) is 0 Å². The molecule has 0 spiro atoms. The third-order valence-electron chi connectivity index (χ3n) is 4.74. The Morgan fingerprint density at radius 2 is 2.24 bits per heavy atom. The fourth-order valence-corrected chi connectivity index (χ4v) is 3.23. The van der Waals surface area contributed by atoms with Crippen molar-refractivity contribution in [1.29, 1.82) is 0 Å². The second kappa shape index (κ2) is 6.84. The van der Waals surface area contributed by atoms with Crippen molar-refractivity contribution in [3.63, 3.8) is 0 Å². The molecule has 1 aliphatic carbocycles. The summed E-state index contributed by atoms with van der Waals surface area (Å²) in [6.45, 7) is 3.29. The molecule has 0 atom stereocenters. The van der Waals surface area contributed by atoms with E-state index in [0.717, 1.165) is 43.7 Å². The molecule has 1 amide bonds. The first-order valence-corrected chi connectivity index (χ1v) is 8.80. The van der Waals surface area contributed by atoms with Crippen LogP contribution in [-0.2, 0) is 31.0 Å². The number of furan rings is 1. The van der Waals surface area contributed by atoms with Gasteiger partial charge in [0.1, 0.15) is 5.82 Å². The van der Waals surface area contributed by atoms with E-state index in [4.69, 9.17) is 4.42 Å². The highest BCUT2D eigenvalue weighted by atomic mass is 16.3. The van der Waals surface area contributed by atoms with Gasteiger partial charge in [0.05, 0.1) is 31.3 Å². The lowest BCUT2D eigenvalue weighted by atomic mass is 10.3. The van der Waals surface area contributed by atoms with Crippen molar-refractivity contribution in [2.75, 3.05) is 6.54 Å². The van der Waals surface area contributed by atoms with Crippen molar-refractivity contribution in [2.45, 2.75) is 45.4 Å². The van der Waals surface area contributed by atoms with E-state index in [1.807, 2.05) is 6.07 Å². The number of carbonyl (C=O) groups is 1. The summed E-state index contributed by atoms with van der Waals surface area (Å²) in [5, 5.41) is 2.88. The van der Waals surface area contributed by atoms with Gasteiger partial charge in [0.15, 0.2) is 0 Å². The first-order valence-electron chi connectivity index (χ1n) is 8.80. The molecule has 3 heterocycles. The maximum atomic E-state index is 12.4. The largest absolute Gasteiger partial charge is 0.472 e. The fraction of sp³-hybridized carbons (Fsp3) is 0.500. The summed E-state index contributed by atoms with van der Waals surface area (Å²) < 4.78 is 6.89. The highest BCUT2D eigenvalue weighted by Gasteiger charge is 2.29. The van der Waals surface area contributed by atoms with E-state index in [1.54, 1.807) is 23.2 Å². The summed E-state index contributed by atoms with van der Waals surface area (Å²) in [6, 6.07) is 3.50. The van der Waals surface area contributed by atoms with Crippen molar-refractivity contribution < 1.29 is 9.21 Å². The highest BCUT2D eigenvalue weighted by Crippen LogP contribution is 2.28. The van der Waals surface area contributed by atoms with Crippen LogP contribution >= 0.6 is 0 Å². The Labute approximate surface area is 145 Å². The molecule has 1 N–H and O–H groups in total. The van der Waals surface area contributed by atoms with Gasteiger partial charge < -0.3 is 9.73 Å². The van der Waals surface area contributed by atoms with Crippen LogP contribution in [0.2, 0.25) is 0 Å². The van der Waals surface area contributed by atoms with E-state index in [9.17, 15) is 9.59 Å². The maximum Gasteiger partial charge on any atom is 0.253 e. The van der Waals surface area contributed by atoms with Crippen LogP contribution in [0, 0.1) is 5.92 Å². The monoisotopic (exact) mass is 342 g/mol. The molecule has 25 heavy (non-hydrogen) atoms. The molecule has 0 bridgehead atoms. The number of rotatable bonds is 5. The SMILES string of the molecule is O=C(NCc1cc(=O)n2c(n1)CN(Cc1ccoc1)CCC2)C1CC1. The molecule has 1 aliphatic heterocycles. The topological polar surface area (TPSA) is 80.4 Å². The van der Waals surface area contributed by atoms with Crippen LogP contribution in [0.4, 0.5) is 0 Å². The van der Waals surface area contributed by atoms with Crippen molar-refractivity contribution in [1.82, 2.24) is 19.8 Å². The Balaban J connectivity index is 1.49. The Kier molecular flexibility index (Phi) is 4.40. The molecule has 1 saturated carbocycles. The standard InChI is InChI=1S/C18H22N4O3/c23-17-8-15(9-19-18(24)14-2-3-14)20-16-11-21(5-1-6-22(16)17)10-13-4-7-25-12-13/h4,7-8,12,14H,1-3,5-6,9-11H2,(H,19,24). The third-order valence-corrected chi connectivity index (χ3v) is 4.74. The first kappa shape index (κ1) is 16.1. The van der Waals surface area contributed by atoms with Crippen LogP contribution < -0.4 is 10.9 Å². The number of nitrogens with zero attached hydrogens (tertiary/aromatic N) is 3. The van der Waals surface area contributed by atoms with E-state index < -0.39 is 0 Å². The molecule has 7 heteroatoms. The normalized spacial score (nSPS) is 17.8. The van der Waals surface area contributed by atoms with Gasteiger partial charge in [0.25, 0.3) is 5.56 Å². The van der Waals surface area contributed by atoms with Crippen LogP contribution in [0.25, 0.3) is 0 Å². The first-order chi connectivity index (χ1) is 12.2. The summed E-state index contributed by atoms with van der Waals surface area (Å²) in [5.74, 6) is 0.995. The van der Waals surface area contributed by atoms with Gasteiger partial charge in [-0.05, 0) is 25.3 Å². The second-order valence-electron chi connectivity index (χ2n) is 6.84. The zero-order valence-corrected chi connectivity index (χ0v) is 14.1. The molecule has 0 radical (unpaired) electrons. The minimum absolute atomic E-state index is 0.0363. The Morgan fingerprint density at radius 3 is 3.00 bits per heavy atom. The van der Waals surface area contributed by atoms with Gasteiger partial charge in [-0.1, -0.05) is 0 Å². The van der Waals surface area contributed by atoms with Crippen LogP contribution in [-0.4, -0.2) is 26.9 Å². The van der Waals surface area contributed by atoms with Crippen LogP contribution in [0.3, 0.4) is 0 Å². The fourth-order valence-electron chi connectivity index (χ4n) is 3.23. The van der Waals surface area contributed by atoms with Crippen LogP contribution in [0.15, 0.2) is 33.9 Å². The van der Waals surface area contributed by atoms with Gasteiger partial charge in [-0.25, -0.2) is 4.98 Å². The number of hydrogen-bond donors (Lipinski definition) is 1. The lowest BCUT2D eigenvalue weighted by molar-refractivity contribution is -0.122. The van der Waals surface area contributed by atoms with E-state index in [-0.39, 0.29) is 17.4 Å². The van der Waals surface area contributed by atoms with E-state index >= 15 is 0 Å². The predicted molar refractivity (Wildman–Crippen MR) is 90.5 cm³/mol. The zero-order chi connectivity index (χ0) is 17.2. The minimum Gasteiger partial charge on any atom is -0.472 e. The number of carbonyl (C=O) groups excluding carboxylic acids is 1. The number of nitrogens with one attached hydrogen (secondary N) is 1. The molecule has 0 unspecified atom stereocenters. The Hall–Kier alpha value is -2.41. The van der Waals surface area contributed by atoms with E-state index in [2.05, 4.69) is 15.2 Å². The van der Waals surface area contributed by atoms with Crippen molar-refractivity contribution >= 4 is 5.91 Å². The maximum absolute atomic E-state index is 12.4. The van der Waals surface area contributed by atoms with E-state index in [0.29, 0.717) is 25.3 Å². The van der Waals surface area contributed by atoms with Crippen LogP contribution in [0.5, 0.6) is 0 Å². The van der Waals surface area contributed by atoms with Gasteiger partial charge in [0.2, 0.25) is 5.91 Å². The lowest BCUT2D eigenvalue weighted by Crippen LogP contribution is -2.30. The van der Waals surface area contributed by atoms with Crippen molar-refractivity contribution in [3.05, 3.63) is 52.1 Å². The molecule has 2 aromatic rings. The molecular formula is C18H22N4O3. The average molecular weight is 342 g/mol. The van der Waals surface area contributed by atoms with Crippen molar-refractivity contribution in [2.24, 2.45) is 5.92 Å². The van der Waals surface area contributed by atoms with Gasteiger partial charge in [-0.3, -0.25) is 19.1 Å². The smallest absolute Gasteiger partial charge is 0.253 e. The summed E-state index contributed by atoms with van der Waals surface area (Å²) in [5.41, 5.74) is 1.71. The molecule has 0 saturated heterocycles. The Morgan fingerprint density at radius 1 is 1.36 bits per heavy atom. The molecule has 7 nitrogen and oxygen atoms in total. The summed E-state index contributed by atoms with van der Waals surface area (Å²) in [7, 11) is 0. The minimum atomic E-state index is -0.0363. The van der Waals surface area contributed by atoms with Gasteiger partial charge in [-0.2, -0.15) is 0 Å². The lowest BCUT2D eigenvalue weighted by Gasteiger charge is -2.18. The van der Waals surface area contributed by atoms with Gasteiger partial charge in [-0.15, -0.1) is 0 Å². The molecule has 132 valence electrons. The molecule has 1 fully saturated rings. The van der Waals surface area contributed by atoms with Crippen LogP contribution in [0.1, 0.15) is 36.3 Å². The summed E-state index contributed by atoms with van der Waals surface area (Å²) in [4.78, 5) is 31.1. The number of hydrogen-bond acceptors (Lipinski definition) is 5. The number of amides is 1. The van der Waals surface area contributed by atoms with Crippen molar-refractivity contribution in [3.8, 4) is 0 Å². The van der Waals surface area contributed by atoms with Gasteiger partial charge >= 0.3 is 0 Å². The molecule has 0 aromatic carbocycles. The third kappa shape index (κ3) is 3.82. The summed E-state index contributed by atoms with van der Waals surface area (Å²) in [6.07, 6.45) is 6.26. The second-order valence-corrected chi connectivity index (χ2v) is 6.84. The zero-order valence-electron chi connectivity index (χ0n) is 14.1. The number of fused-ring (bicyclic) bond motifs is 1.